The first kappa shape index (κ1) is 18.4. The minimum absolute atomic E-state index is 0.0729. The lowest BCUT2D eigenvalue weighted by Gasteiger charge is -2.22. The molecule has 1 atom stereocenters. The fourth-order valence-corrected chi connectivity index (χ4v) is 2.93. The number of ether oxygens (including phenoxy) is 2. The molecule has 2 aromatic rings. The second kappa shape index (κ2) is 9.90. The standard InChI is InChI=1S/C22H25NO3/c24-21(15-7-9-17-25-22-16-8-10-18-26-22)23(19-11-3-1-4-12-19)20-13-5-2-6-14-20/h1-7,11-15,22H,8-10,16-18H2. The molecule has 1 saturated heterocycles. The summed E-state index contributed by atoms with van der Waals surface area (Å²) in [6.45, 7) is 1.34. The first-order valence-electron chi connectivity index (χ1n) is 9.18. The van der Waals surface area contributed by atoms with Gasteiger partial charge in [0, 0.05) is 18.0 Å². The molecule has 0 bridgehead atoms. The van der Waals surface area contributed by atoms with Crippen molar-refractivity contribution in [1.82, 2.24) is 0 Å². The van der Waals surface area contributed by atoms with Crippen LogP contribution in [0.4, 0.5) is 11.4 Å². The van der Waals surface area contributed by atoms with Gasteiger partial charge >= 0.3 is 0 Å². The number of rotatable bonds is 7. The summed E-state index contributed by atoms with van der Waals surface area (Å²) in [5.41, 5.74) is 1.69. The summed E-state index contributed by atoms with van der Waals surface area (Å²) in [6, 6.07) is 19.3. The molecule has 4 nitrogen and oxygen atoms in total. The molecule has 2 aromatic carbocycles. The summed E-state index contributed by atoms with van der Waals surface area (Å²) in [6.07, 6.45) is 7.31. The van der Waals surface area contributed by atoms with Crippen molar-refractivity contribution in [2.75, 3.05) is 18.1 Å². The first-order chi connectivity index (χ1) is 12.8. The number of anilines is 2. The highest BCUT2D eigenvalue weighted by atomic mass is 16.7. The van der Waals surface area contributed by atoms with Gasteiger partial charge in [-0.15, -0.1) is 0 Å². The molecule has 0 aliphatic carbocycles. The molecule has 26 heavy (non-hydrogen) atoms. The number of benzene rings is 2. The highest BCUT2D eigenvalue weighted by Gasteiger charge is 2.15. The van der Waals surface area contributed by atoms with E-state index in [2.05, 4.69) is 0 Å². The fourth-order valence-electron chi connectivity index (χ4n) is 2.93. The summed E-state index contributed by atoms with van der Waals surface area (Å²) in [7, 11) is 0. The molecular weight excluding hydrogens is 326 g/mol. The van der Waals surface area contributed by atoms with Crippen LogP contribution in [0.2, 0.25) is 0 Å². The zero-order valence-corrected chi connectivity index (χ0v) is 14.9. The van der Waals surface area contributed by atoms with Crippen LogP contribution < -0.4 is 4.90 Å². The Morgan fingerprint density at radius 2 is 1.69 bits per heavy atom. The van der Waals surface area contributed by atoms with Crippen LogP contribution >= 0.6 is 0 Å². The van der Waals surface area contributed by atoms with Crippen LogP contribution in [-0.4, -0.2) is 25.4 Å². The van der Waals surface area contributed by atoms with E-state index in [1.807, 2.05) is 66.7 Å². The van der Waals surface area contributed by atoms with Gasteiger partial charge in [0.05, 0.1) is 6.61 Å². The van der Waals surface area contributed by atoms with Crippen molar-refractivity contribution in [2.24, 2.45) is 0 Å². The largest absolute Gasteiger partial charge is 0.353 e. The molecule has 0 radical (unpaired) electrons. The molecule has 3 rings (SSSR count). The molecule has 0 aromatic heterocycles. The molecule has 1 aliphatic heterocycles. The van der Waals surface area contributed by atoms with E-state index in [4.69, 9.17) is 9.47 Å². The lowest BCUT2D eigenvalue weighted by atomic mass is 10.2. The van der Waals surface area contributed by atoms with Crippen molar-refractivity contribution in [3.8, 4) is 0 Å². The van der Waals surface area contributed by atoms with Crippen LogP contribution in [0.5, 0.6) is 0 Å². The van der Waals surface area contributed by atoms with E-state index >= 15 is 0 Å². The summed E-state index contributed by atoms with van der Waals surface area (Å²) < 4.78 is 11.2. The zero-order chi connectivity index (χ0) is 18.0. The van der Waals surface area contributed by atoms with Crippen molar-refractivity contribution in [1.29, 1.82) is 0 Å². The summed E-state index contributed by atoms with van der Waals surface area (Å²) >= 11 is 0. The number of para-hydroxylation sites is 2. The number of hydrogen-bond donors (Lipinski definition) is 0. The van der Waals surface area contributed by atoms with Gasteiger partial charge in [0.2, 0.25) is 0 Å². The van der Waals surface area contributed by atoms with Crippen molar-refractivity contribution < 1.29 is 14.3 Å². The maximum Gasteiger partial charge on any atom is 0.255 e. The SMILES string of the molecule is O=C(C=CCCOC1CCCCO1)N(c1ccccc1)c1ccccc1. The molecule has 0 spiro atoms. The molecule has 1 heterocycles. The van der Waals surface area contributed by atoms with E-state index < -0.39 is 0 Å². The molecule has 0 N–H and O–H groups in total. The number of hydrogen-bond acceptors (Lipinski definition) is 3. The van der Waals surface area contributed by atoms with E-state index in [-0.39, 0.29) is 12.2 Å². The van der Waals surface area contributed by atoms with E-state index in [1.54, 1.807) is 11.0 Å². The summed E-state index contributed by atoms with van der Waals surface area (Å²) in [4.78, 5) is 14.5. The van der Waals surface area contributed by atoms with Gasteiger partial charge < -0.3 is 9.47 Å². The van der Waals surface area contributed by atoms with Crippen LogP contribution in [0.1, 0.15) is 25.7 Å². The second-order valence-corrected chi connectivity index (χ2v) is 6.20. The second-order valence-electron chi connectivity index (χ2n) is 6.20. The van der Waals surface area contributed by atoms with Gasteiger partial charge in [-0.3, -0.25) is 9.69 Å². The quantitative estimate of drug-likeness (QED) is 0.529. The molecule has 1 unspecified atom stereocenters. The lowest BCUT2D eigenvalue weighted by molar-refractivity contribution is -0.161. The van der Waals surface area contributed by atoms with Crippen molar-refractivity contribution in [3.05, 3.63) is 72.8 Å². The monoisotopic (exact) mass is 351 g/mol. The molecule has 1 amide bonds. The molecular formula is C22H25NO3. The van der Waals surface area contributed by atoms with Crippen LogP contribution in [0, 0.1) is 0 Å². The minimum Gasteiger partial charge on any atom is -0.353 e. The predicted octanol–water partition coefficient (Wildman–Crippen LogP) is 4.84. The maximum absolute atomic E-state index is 12.8. The Morgan fingerprint density at radius 1 is 1.04 bits per heavy atom. The van der Waals surface area contributed by atoms with Gasteiger partial charge in [0.15, 0.2) is 6.29 Å². The highest BCUT2D eigenvalue weighted by molar-refractivity contribution is 6.06. The average Bonchev–Trinajstić information content (AvgIpc) is 2.70. The van der Waals surface area contributed by atoms with Crippen molar-refractivity contribution in [3.63, 3.8) is 0 Å². The summed E-state index contributed by atoms with van der Waals surface area (Å²) in [5.74, 6) is -0.0729. The average molecular weight is 351 g/mol. The van der Waals surface area contributed by atoms with Gasteiger partial charge in [-0.25, -0.2) is 0 Å². The van der Waals surface area contributed by atoms with Gasteiger partial charge in [0.25, 0.3) is 5.91 Å². The van der Waals surface area contributed by atoms with E-state index in [0.717, 1.165) is 37.2 Å². The summed E-state index contributed by atoms with van der Waals surface area (Å²) in [5, 5.41) is 0. The van der Waals surface area contributed by atoms with Crippen molar-refractivity contribution >= 4 is 17.3 Å². The van der Waals surface area contributed by atoms with Gasteiger partial charge in [-0.1, -0.05) is 42.5 Å². The molecule has 136 valence electrons. The Labute approximate surface area is 155 Å². The fraction of sp³-hybridized carbons (Fsp3) is 0.318. The number of nitrogens with zero attached hydrogens (tertiary/aromatic N) is 1. The number of carbonyl (C=O) groups is 1. The highest BCUT2D eigenvalue weighted by Crippen LogP contribution is 2.25. The molecule has 1 aliphatic rings. The predicted molar refractivity (Wildman–Crippen MR) is 103 cm³/mol. The van der Waals surface area contributed by atoms with Gasteiger partial charge in [0.1, 0.15) is 0 Å². The van der Waals surface area contributed by atoms with Crippen LogP contribution in [0.25, 0.3) is 0 Å². The lowest BCUT2D eigenvalue weighted by Crippen LogP contribution is -2.24. The smallest absolute Gasteiger partial charge is 0.255 e. The third-order valence-electron chi connectivity index (χ3n) is 4.24. The first-order valence-corrected chi connectivity index (χ1v) is 9.18. The maximum atomic E-state index is 12.8. The third kappa shape index (κ3) is 5.28. The van der Waals surface area contributed by atoms with Crippen LogP contribution in [0.15, 0.2) is 72.8 Å². The van der Waals surface area contributed by atoms with Crippen LogP contribution in [0.3, 0.4) is 0 Å². The van der Waals surface area contributed by atoms with E-state index in [1.165, 1.54) is 0 Å². The molecule has 0 saturated carbocycles. The Balaban J connectivity index is 1.59. The Bertz CT molecular complexity index is 654. The Kier molecular flexibility index (Phi) is 6.99. The number of amides is 1. The Hall–Kier alpha value is -2.43. The van der Waals surface area contributed by atoms with E-state index in [0.29, 0.717) is 13.0 Å². The third-order valence-corrected chi connectivity index (χ3v) is 4.24. The van der Waals surface area contributed by atoms with Crippen molar-refractivity contribution in [2.45, 2.75) is 32.0 Å². The van der Waals surface area contributed by atoms with E-state index in [9.17, 15) is 4.79 Å². The van der Waals surface area contributed by atoms with Crippen LogP contribution in [-0.2, 0) is 14.3 Å². The van der Waals surface area contributed by atoms with Gasteiger partial charge in [-0.05, 0) is 56.0 Å². The normalized spacial score (nSPS) is 17.3. The molecule has 4 heteroatoms. The molecule has 1 fully saturated rings. The number of carbonyl (C=O) groups excluding carboxylic acids is 1. The Morgan fingerprint density at radius 3 is 2.27 bits per heavy atom. The van der Waals surface area contributed by atoms with Gasteiger partial charge in [-0.2, -0.15) is 0 Å². The topological polar surface area (TPSA) is 38.8 Å². The zero-order valence-electron chi connectivity index (χ0n) is 14.9. The minimum atomic E-state index is -0.0852.